The van der Waals surface area contributed by atoms with Crippen molar-refractivity contribution in [1.29, 1.82) is 0 Å². The minimum atomic E-state index is 0.120. The molecule has 140 valence electrons. The molecule has 0 saturated carbocycles. The Bertz CT molecular complexity index is 971. The molecule has 2 heterocycles. The van der Waals surface area contributed by atoms with Gasteiger partial charge in [-0.05, 0) is 79.8 Å². The Balaban J connectivity index is 1.38. The van der Waals surface area contributed by atoms with Crippen molar-refractivity contribution in [3.63, 3.8) is 0 Å². The van der Waals surface area contributed by atoms with Gasteiger partial charge in [0, 0.05) is 48.1 Å². The summed E-state index contributed by atoms with van der Waals surface area (Å²) in [5, 5.41) is 0. The topological polar surface area (TPSA) is 49.6 Å². The molecule has 0 aromatic heterocycles. The van der Waals surface area contributed by atoms with E-state index in [1.165, 1.54) is 19.4 Å². The highest BCUT2D eigenvalue weighted by molar-refractivity contribution is 5.94. The van der Waals surface area contributed by atoms with Crippen LogP contribution >= 0.6 is 0 Å². The van der Waals surface area contributed by atoms with E-state index in [4.69, 9.17) is 5.73 Å². The Morgan fingerprint density at radius 3 is 2.21 bits per heavy atom. The smallest absolute Gasteiger partial charge is 0.253 e. The number of nitrogen functional groups attached to an aromatic ring is 1. The minimum absolute atomic E-state index is 0.120. The van der Waals surface area contributed by atoms with Crippen LogP contribution in [0.3, 0.4) is 0 Å². The maximum Gasteiger partial charge on any atom is 0.253 e. The third-order valence-corrected chi connectivity index (χ3v) is 5.39. The van der Waals surface area contributed by atoms with Crippen LogP contribution in [-0.2, 0) is 0 Å². The fourth-order valence-corrected chi connectivity index (χ4v) is 3.83. The monoisotopic (exact) mass is 369 g/mol. The molecule has 2 aliphatic rings. The van der Waals surface area contributed by atoms with Crippen molar-refractivity contribution in [1.82, 2.24) is 9.80 Å². The summed E-state index contributed by atoms with van der Waals surface area (Å²) in [5.74, 6) is 11.8. The molecule has 1 unspecified atom stereocenters. The largest absolute Gasteiger partial charge is 0.399 e. The Kier molecular flexibility index (Phi) is 5.33. The molecule has 2 N–H and O–H groups in total. The van der Waals surface area contributed by atoms with Crippen LogP contribution in [0.2, 0.25) is 0 Å². The van der Waals surface area contributed by atoms with Gasteiger partial charge < -0.3 is 10.6 Å². The molecular formula is C24H23N3O. The van der Waals surface area contributed by atoms with Crippen LogP contribution in [0.5, 0.6) is 0 Å². The lowest BCUT2D eigenvalue weighted by Crippen LogP contribution is -2.52. The highest BCUT2D eigenvalue weighted by Gasteiger charge is 2.32. The normalized spacial score (nSPS) is 18.4. The zero-order valence-electron chi connectivity index (χ0n) is 15.8. The van der Waals surface area contributed by atoms with Crippen molar-refractivity contribution < 1.29 is 4.79 Å². The predicted octanol–water partition coefficient (Wildman–Crippen LogP) is 2.59. The predicted molar refractivity (Wildman–Crippen MR) is 112 cm³/mol. The quantitative estimate of drug-likeness (QED) is 0.621. The molecule has 28 heavy (non-hydrogen) atoms. The van der Waals surface area contributed by atoms with Crippen molar-refractivity contribution in [3.05, 3.63) is 65.2 Å². The van der Waals surface area contributed by atoms with E-state index in [-0.39, 0.29) is 5.91 Å². The zero-order valence-corrected chi connectivity index (χ0v) is 15.8. The molecule has 2 aromatic carbocycles. The molecule has 4 nitrogen and oxygen atoms in total. The first-order valence-electron chi connectivity index (χ1n) is 9.70. The molecular weight excluding hydrogens is 346 g/mol. The number of fused-ring (bicyclic) bond motifs is 1. The number of amides is 1. The molecule has 2 fully saturated rings. The van der Waals surface area contributed by atoms with Crippen LogP contribution < -0.4 is 5.73 Å². The summed E-state index contributed by atoms with van der Waals surface area (Å²) in [7, 11) is 0. The standard InChI is InChI=1S/C24H23N3O/c25-22-13-9-20(10-14-22)5-2-1-4-19-7-11-21(12-8-19)24(28)27-17-16-26-15-3-6-23(26)18-27/h7-14,23H,3,6,15-18,25H2. The van der Waals surface area contributed by atoms with E-state index < -0.39 is 0 Å². The van der Waals surface area contributed by atoms with Gasteiger partial charge in [-0.1, -0.05) is 11.8 Å². The summed E-state index contributed by atoms with van der Waals surface area (Å²) < 4.78 is 0. The van der Waals surface area contributed by atoms with Crippen LogP contribution in [0.4, 0.5) is 5.69 Å². The van der Waals surface area contributed by atoms with E-state index in [0.29, 0.717) is 6.04 Å². The second kappa shape index (κ2) is 8.21. The molecule has 4 rings (SSSR count). The maximum atomic E-state index is 12.8. The third-order valence-electron chi connectivity index (χ3n) is 5.39. The van der Waals surface area contributed by atoms with Gasteiger partial charge in [0.1, 0.15) is 0 Å². The Morgan fingerprint density at radius 1 is 0.893 bits per heavy atom. The summed E-state index contributed by atoms with van der Waals surface area (Å²) in [6.07, 6.45) is 2.46. The van der Waals surface area contributed by atoms with Crippen LogP contribution in [0.25, 0.3) is 0 Å². The maximum absolute atomic E-state index is 12.8. The number of piperazine rings is 1. The van der Waals surface area contributed by atoms with Gasteiger partial charge in [0.15, 0.2) is 0 Å². The lowest BCUT2D eigenvalue weighted by molar-refractivity contribution is 0.0571. The molecule has 4 heteroatoms. The number of hydrogen-bond acceptors (Lipinski definition) is 3. The van der Waals surface area contributed by atoms with Crippen molar-refractivity contribution in [2.24, 2.45) is 0 Å². The summed E-state index contributed by atoms with van der Waals surface area (Å²) in [6, 6.07) is 15.4. The average Bonchev–Trinajstić information content (AvgIpc) is 3.20. The molecule has 1 amide bonds. The second-order valence-electron chi connectivity index (χ2n) is 7.28. The molecule has 2 aromatic rings. The molecule has 0 aliphatic carbocycles. The first-order valence-corrected chi connectivity index (χ1v) is 9.70. The summed E-state index contributed by atoms with van der Waals surface area (Å²) in [5.41, 5.74) is 8.83. The molecule has 0 bridgehead atoms. The van der Waals surface area contributed by atoms with Gasteiger partial charge in [-0.2, -0.15) is 0 Å². The fourth-order valence-electron chi connectivity index (χ4n) is 3.83. The number of nitrogens with two attached hydrogens (primary N) is 1. The number of carbonyl (C=O) groups is 1. The highest BCUT2D eigenvalue weighted by Crippen LogP contribution is 2.22. The summed E-state index contributed by atoms with van der Waals surface area (Å²) in [6.45, 7) is 3.84. The van der Waals surface area contributed by atoms with Crippen LogP contribution in [0.1, 0.15) is 34.3 Å². The highest BCUT2D eigenvalue weighted by atomic mass is 16.2. The van der Waals surface area contributed by atoms with Gasteiger partial charge in [-0.15, -0.1) is 0 Å². The Labute approximate surface area is 166 Å². The molecule has 1 atom stereocenters. The van der Waals surface area contributed by atoms with Crippen molar-refractivity contribution >= 4 is 11.6 Å². The van der Waals surface area contributed by atoms with E-state index in [9.17, 15) is 4.79 Å². The first kappa shape index (κ1) is 18.2. The van der Waals surface area contributed by atoms with E-state index in [1.54, 1.807) is 0 Å². The molecule has 2 aliphatic heterocycles. The molecule has 0 spiro atoms. The molecule has 0 radical (unpaired) electrons. The van der Waals surface area contributed by atoms with Gasteiger partial charge in [0.2, 0.25) is 0 Å². The zero-order chi connectivity index (χ0) is 19.3. The molecule has 2 saturated heterocycles. The number of carbonyl (C=O) groups excluding carboxylic acids is 1. The van der Waals surface area contributed by atoms with Crippen LogP contribution in [0.15, 0.2) is 48.5 Å². The van der Waals surface area contributed by atoms with E-state index in [1.807, 2.05) is 53.4 Å². The van der Waals surface area contributed by atoms with Crippen molar-refractivity contribution in [2.75, 3.05) is 31.9 Å². The number of rotatable bonds is 1. The number of anilines is 1. The van der Waals surface area contributed by atoms with Gasteiger partial charge in [0.25, 0.3) is 5.91 Å². The summed E-state index contributed by atoms with van der Waals surface area (Å²) in [4.78, 5) is 17.3. The number of benzene rings is 2. The SMILES string of the molecule is Nc1ccc(C#CC#Cc2ccc(C(=O)N3CCN4CCCC4C3)cc2)cc1. The lowest BCUT2D eigenvalue weighted by atomic mass is 10.1. The average molecular weight is 369 g/mol. The van der Waals surface area contributed by atoms with E-state index >= 15 is 0 Å². The number of hydrogen-bond donors (Lipinski definition) is 1. The Morgan fingerprint density at radius 2 is 1.54 bits per heavy atom. The number of nitrogens with zero attached hydrogens (tertiary/aromatic N) is 2. The minimum Gasteiger partial charge on any atom is -0.399 e. The van der Waals surface area contributed by atoms with E-state index in [0.717, 1.165) is 42.0 Å². The lowest BCUT2D eigenvalue weighted by Gasteiger charge is -2.37. The Hall–Kier alpha value is -3.21. The second-order valence-corrected chi connectivity index (χ2v) is 7.28. The van der Waals surface area contributed by atoms with Gasteiger partial charge in [0.05, 0.1) is 0 Å². The van der Waals surface area contributed by atoms with Gasteiger partial charge >= 0.3 is 0 Å². The van der Waals surface area contributed by atoms with Crippen LogP contribution in [0, 0.1) is 23.7 Å². The van der Waals surface area contributed by atoms with Gasteiger partial charge in [-0.3, -0.25) is 9.69 Å². The third kappa shape index (κ3) is 4.19. The van der Waals surface area contributed by atoms with Crippen molar-refractivity contribution in [3.8, 4) is 23.7 Å². The van der Waals surface area contributed by atoms with E-state index in [2.05, 4.69) is 28.6 Å². The first-order chi connectivity index (χ1) is 13.7. The van der Waals surface area contributed by atoms with Crippen LogP contribution in [-0.4, -0.2) is 47.9 Å². The fraction of sp³-hybridized carbons (Fsp3) is 0.292. The van der Waals surface area contributed by atoms with Crippen molar-refractivity contribution in [2.45, 2.75) is 18.9 Å². The summed E-state index contributed by atoms with van der Waals surface area (Å²) >= 11 is 0. The van der Waals surface area contributed by atoms with Gasteiger partial charge in [-0.25, -0.2) is 0 Å².